The number of carbonyl (C=O) groups is 2. The summed E-state index contributed by atoms with van der Waals surface area (Å²) in [5, 5.41) is 0. The minimum absolute atomic E-state index is 0.107. The van der Waals surface area contributed by atoms with E-state index >= 15 is 0 Å². The van der Waals surface area contributed by atoms with Crippen molar-refractivity contribution in [3.63, 3.8) is 0 Å². The van der Waals surface area contributed by atoms with E-state index in [-0.39, 0.29) is 17.9 Å². The first-order chi connectivity index (χ1) is 9.15. The quantitative estimate of drug-likeness (QED) is 0.312. The molecule has 0 aliphatic heterocycles. The molecule has 0 bridgehead atoms. The average Bonchev–Trinajstić information content (AvgIpc) is 2.39. The van der Waals surface area contributed by atoms with Gasteiger partial charge in [0, 0.05) is 6.42 Å². The Morgan fingerprint density at radius 2 is 1.53 bits per heavy atom. The second-order valence-electron chi connectivity index (χ2n) is 5.20. The predicted molar refractivity (Wildman–Crippen MR) is 77.8 cm³/mol. The molecule has 1 unspecified atom stereocenters. The zero-order valence-corrected chi connectivity index (χ0v) is 12.9. The van der Waals surface area contributed by atoms with Crippen LogP contribution in [0, 0.1) is 5.92 Å². The number of rotatable bonds is 11. The van der Waals surface area contributed by atoms with Gasteiger partial charge in [-0.15, -0.1) is 0 Å². The van der Waals surface area contributed by atoms with Crippen LogP contribution in [-0.4, -0.2) is 11.9 Å². The SMILES string of the molecule is CCCCCCCC(=O)OC(=O)C(CC)CCCC. The van der Waals surface area contributed by atoms with Crippen LogP contribution in [-0.2, 0) is 14.3 Å². The van der Waals surface area contributed by atoms with Crippen molar-refractivity contribution in [1.82, 2.24) is 0 Å². The number of unbranched alkanes of at least 4 members (excludes halogenated alkanes) is 5. The fourth-order valence-electron chi connectivity index (χ4n) is 2.06. The smallest absolute Gasteiger partial charge is 0.316 e. The number of esters is 2. The molecule has 0 aromatic rings. The van der Waals surface area contributed by atoms with Crippen molar-refractivity contribution in [2.45, 2.75) is 85.0 Å². The summed E-state index contributed by atoms with van der Waals surface area (Å²) in [5.74, 6) is -0.782. The summed E-state index contributed by atoms with van der Waals surface area (Å²) in [4.78, 5) is 23.3. The van der Waals surface area contributed by atoms with E-state index in [0.717, 1.165) is 44.9 Å². The standard InChI is InChI=1S/C16H30O3/c1-4-7-9-10-11-13-15(17)19-16(18)14(6-3)12-8-5-2/h14H,4-13H2,1-3H3. The lowest BCUT2D eigenvalue weighted by Crippen LogP contribution is -2.20. The Kier molecular flexibility index (Phi) is 11.6. The first-order valence-electron chi connectivity index (χ1n) is 7.90. The fraction of sp³-hybridized carbons (Fsp3) is 0.875. The Labute approximate surface area is 118 Å². The monoisotopic (exact) mass is 270 g/mol. The van der Waals surface area contributed by atoms with Crippen molar-refractivity contribution in [3.8, 4) is 0 Å². The van der Waals surface area contributed by atoms with Gasteiger partial charge in [0.15, 0.2) is 0 Å². The summed E-state index contributed by atoms with van der Waals surface area (Å²) in [6.45, 7) is 6.23. The maximum absolute atomic E-state index is 11.8. The van der Waals surface area contributed by atoms with Gasteiger partial charge in [-0.05, 0) is 19.3 Å². The minimum Gasteiger partial charge on any atom is -0.393 e. The first kappa shape index (κ1) is 18.1. The highest BCUT2D eigenvalue weighted by Gasteiger charge is 2.20. The van der Waals surface area contributed by atoms with Crippen molar-refractivity contribution < 1.29 is 14.3 Å². The van der Waals surface area contributed by atoms with Gasteiger partial charge in [-0.3, -0.25) is 9.59 Å². The molecule has 19 heavy (non-hydrogen) atoms. The molecule has 0 heterocycles. The third-order valence-corrected chi connectivity index (χ3v) is 3.43. The van der Waals surface area contributed by atoms with Gasteiger partial charge < -0.3 is 4.74 Å². The van der Waals surface area contributed by atoms with Crippen molar-refractivity contribution in [1.29, 1.82) is 0 Å². The topological polar surface area (TPSA) is 43.4 Å². The highest BCUT2D eigenvalue weighted by atomic mass is 16.6. The maximum atomic E-state index is 11.8. The third-order valence-electron chi connectivity index (χ3n) is 3.43. The largest absolute Gasteiger partial charge is 0.393 e. The van der Waals surface area contributed by atoms with Crippen LogP contribution in [0.3, 0.4) is 0 Å². The number of hydrogen-bond donors (Lipinski definition) is 0. The molecular formula is C16H30O3. The van der Waals surface area contributed by atoms with Crippen LogP contribution in [0.15, 0.2) is 0 Å². The van der Waals surface area contributed by atoms with Crippen LogP contribution in [0.2, 0.25) is 0 Å². The van der Waals surface area contributed by atoms with Crippen LogP contribution in [0.25, 0.3) is 0 Å². The highest BCUT2D eigenvalue weighted by Crippen LogP contribution is 2.15. The number of ether oxygens (including phenoxy) is 1. The second kappa shape index (κ2) is 12.2. The molecule has 0 aliphatic carbocycles. The van der Waals surface area contributed by atoms with Crippen LogP contribution in [0.1, 0.15) is 85.0 Å². The van der Waals surface area contributed by atoms with Crippen LogP contribution < -0.4 is 0 Å². The van der Waals surface area contributed by atoms with Gasteiger partial charge in [0.05, 0.1) is 5.92 Å². The highest BCUT2D eigenvalue weighted by molar-refractivity contribution is 5.86. The summed E-state index contributed by atoms with van der Waals surface area (Å²) in [6.07, 6.45) is 9.47. The van der Waals surface area contributed by atoms with E-state index in [1.807, 2.05) is 6.92 Å². The van der Waals surface area contributed by atoms with E-state index in [1.165, 1.54) is 12.8 Å². The molecule has 0 N–H and O–H groups in total. The molecule has 0 saturated heterocycles. The Hall–Kier alpha value is -0.860. The lowest BCUT2D eigenvalue weighted by molar-refractivity contribution is -0.163. The number of carbonyl (C=O) groups excluding carboxylic acids is 2. The lowest BCUT2D eigenvalue weighted by Gasteiger charge is -2.12. The molecule has 0 spiro atoms. The average molecular weight is 270 g/mol. The maximum Gasteiger partial charge on any atom is 0.316 e. The molecule has 0 amide bonds. The summed E-state index contributed by atoms with van der Waals surface area (Å²) < 4.78 is 4.93. The lowest BCUT2D eigenvalue weighted by atomic mass is 10.00. The van der Waals surface area contributed by atoms with Crippen molar-refractivity contribution in [2.24, 2.45) is 5.92 Å². The molecule has 0 radical (unpaired) electrons. The van der Waals surface area contributed by atoms with Gasteiger partial charge in [0.2, 0.25) is 0 Å². The number of hydrogen-bond acceptors (Lipinski definition) is 3. The summed E-state index contributed by atoms with van der Waals surface area (Å²) >= 11 is 0. The van der Waals surface area contributed by atoms with E-state index < -0.39 is 0 Å². The van der Waals surface area contributed by atoms with E-state index in [4.69, 9.17) is 4.74 Å². The van der Waals surface area contributed by atoms with Gasteiger partial charge in [0.1, 0.15) is 0 Å². The zero-order chi connectivity index (χ0) is 14.5. The van der Waals surface area contributed by atoms with Gasteiger partial charge in [-0.2, -0.15) is 0 Å². The molecule has 0 aliphatic rings. The van der Waals surface area contributed by atoms with Crippen LogP contribution >= 0.6 is 0 Å². The Morgan fingerprint density at radius 1 is 0.895 bits per heavy atom. The molecule has 0 aromatic carbocycles. The van der Waals surface area contributed by atoms with Gasteiger partial charge in [0.25, 0.3) is 0 Å². The molecule has 0 aromatic heterocycles. The van der Waals surface area contributed by atoms with E-state index in [9.17, 15) is 9.59 Å². The normalized spacial score (nSPS) is 12.2. The van der Waals surface area contributed by atoms with Crippen LogP contribution in [0.4, 0.5) is 0 Å². The van der Waals surface area contributed by atoms with Crippen molar-refractivity contribution >= 4 is 11.9 Å². The third kappa shape index (κ3) is 9.69. The molecule has 0 fully saturated rings. The fourth-order valence-corrected chi connectivity index (χ4v) is 2.06. The van der Waals surface area contributed by atoms with Gasteiger partial charge >= 0.3 is 11.9 Å². The second-order valence-corrected chi connectivity index (χ2v) is 5.20. The molecule has 0 saturated carbocycles. The van der Waals surface area contributed by atoms with E-state index in [0.29, 0.717) is 6.42 Å². The van der Waals surface area contributed by atoms with E-state index in [2.05, 4.69) is 13.8 Å². The Balaban J connectivity index is 3.80. The Morgan fingerprint density at radius 3 is 2.11 bits per heavy atom. The zero-order valence-electron chi connectivity index (χ0n) is 12.9. The van der Waals surface area contributed by atoms with Gasteiger partial charge in [-0.1, -0.05) is 59.3 Å². The van der Waals surface area contributed by atoms with Crippen molar-refractivity contribution in [2.75, 3.05) is 0 Å². The Bertz CT molecular complexity index is 248. The molecular weight excluding hydrogens is 240 g/mol. The molecule has 3 heteroatoms. The first-order valence-corrected chi connectivity index (χ1v) is 7.90. The minimum atomic E-state index is -0.351. The summed E-state index contributed by atoms with van der Waals surface area (Å²) in [7, 11) is 0. The van der Waals surface area contributed by atoms with Crippen molar-refractivity contribution in [3.05, 3.63) is 0 Å². The van der Waals surface area contributed by atoms with E-state index in [1.54, 1.807) is 0 Å². The van der Waals surface area contributed by atoms with Crippen LogP contribution in [0.5, 0.6) is 0 Å². The molecule has 0 rings (SSSR count). The van der Waals surface area contributed by atoms with Gasteiger partial charge in [-0.25, -0.2) is 0 Å². The summed E-state index contributed by atoms with van der Waals surface area (Å²) in [5.41, 5.74) is 0. The molecule has 1 atom stereocenters. The summed E-state index contributed by atoms with van der Waals surface area (Å²) in [6, 6.07) is 0. The molecule has 3 nitrogen and oxygen atoms in total. The molecule has 112 valence electrons. The predicted octanol–water partition coefficient (Wildman–Crippen LogP) is 4.63.